The van der Waals surface area contributed by atoms with Crippen LogP contribution in [0, 0.1) is 10.1 Å². The van der Waals surface area contributed by atoms with Gasteiger partial charge in [-0.3, -0.25) is 20.2 Å². The van der Waals surface area contributed by atoms with E-state index in [1.54, 1.807) is 42.5 Å². The second-order valence-corrected chi connectivity index (χ2v) is 9.12. The third-order valence-electron chi connectivity index (χ3n) is 5.83. The molecular weight excluding hydrogens is 502 g/mol. The van der Waals surface area contributed by atoms with Crippen molar-refractivity contribution < 1.29 is 14.1 Å². The van der Waals surface area contributed by atoms with Crippen LogP contribution in [0.5, 0.6) is 0 Å². The molecule has 1 aliphatic heterocycles. The molecule has 1 aromatic heterocycles. The minimum absolute atomic E-state index is 0.0455. The van der Waals surface area contributed by atoms with Gasteiger partial charge < -0.3 is 14.6 Å². The molecule has 0 radical (unpaired) electrons. The van der Waals surface area contributed by atoms with Gasteiger partial charge in [-0.15, -0.1) is 0 Å². The van der Waals surface area contributed by atoms with Crippen LogP contribution in [0.1, 0.15) is 23.2 Å². The lowest BCUT2D eigenvalue weighted by Crippen LogP contribution is -2.34. The second-order valence-electron chi connectivity index (χ2n) is 8.27. The standard InChI is InChI=1S/C25H20ClN5O4S/c26-17-5-3-4-16(12-17)24-28-19-14-18(7-9-22(19)35-24)27-25(36)29-23(32)15-6-8-20(21(13-15)31(33)34)30-10-1-2-11-30/h3-9,12-14H,1-2,10-11H2,(H2,27,29,32,36). The highest BCUT2D eigenvalue weighted by atomic mass is 35.5. The first-order valence-corrected chi connectivity index (χ1v) is 12.0. The summed E-state index contributed by atoms with van der Waals surface area (Å²) in [6.07, 6.45) is 1.97. The minimum atomic E-state index is -0.547. The number of hydrogen-bond donors (Lipinski definition) is 2. The number of oxazole rings is 1. The largest absolute Gasteiger partial charge is 0.436 e. The number of nitrogens with zero attached hydrogens (tertiary/aromatic N) is 3. The molecule has 9 nitrogen and oxygen atoms in total. The lowest BCUT2D eigenvalue weighted by Gasteiger charge is -2.18. The van der Waals surface area contributed by atoms with Crippen LogP contribution < -0.4 is 15.5 Å². The number of hydrogen-bond acceptors (Lipinski definition) is 7. The maximum absolute atomic E-state index is 12.7. The minimum Gasteiger partial charge on any atom is -0.436 e. The molecule has 182 valence electrons. The first-order chi connectivity index (χ1) is 17.4. The van der Waals surface area contributed by atoms with Crippen LogP contribution in [0.4, 0.5) is 17.1 Å². The molecule has 0 aliphatic carbocycles. The predicted octanol–water partition coefficient (Wildman–Crippen LogP) is 5.78. The van der Waals surface area contributed by atoms with Crippen molar-refractivity contribution in [2.75, 3.05) is 23.3 Å². The average Bonchev–Trinajstić information content (AvgIpc) is 3.53. The highest BCUT2D eigenvalue weighted by Gasteiger charge is 2.24. The maximum atomic E-state index is 12.7. The van der Waals surface area contributed by atoms with Gasteiger partial charge in [0.25, 0.3) is 11.6 Å². The van der Waals surface area contributed by atoms with Gasteiger partial charge in [0, 0.05) is 41.0 Å². The number of halogens is 1. The third kappa shape index (κ3) is 5.00. The molecule has 36 heavy (non-hydrogen) atoms. The number of fused-ring (bicyclic) bond motifs is 1. The molecule has 11 heteroatoms. The van der Waals surface area contributed by atoms with Crippen LogP contribution in [0.15, 0.2) is 65.1 Å². The van der Waals surface area contributed by atoms with Crippen molar-refractivity contribution >= 4 is 63.0 Å². The Labute approximate surface area is 216 Å². The Morgan fingerprint density at radius 3 is 2.67 bits per heavy atom. The molecule has 2 heterocycles. The van der Waals surface area contributed by atoms with Crippen LogP contribution in [0.3, 0.4) is 0 Å². The molecule has 5 rings (SSSR count). The Kier molecular flexibility index (Phi) is 6.53. The fourth-order valence-electron chi connectivity index (χ4n) is 4.12. The number of carbonyl (C=O) groups excluding carboxylic acids is 1. The monoisotopic (exact) mass is 521 g/mol. The number of nitro benzene ring substituents is 1. The van der Waals surface area contributed by atoms with E-state index < -0.39 is 10.8 Å². The number of anilines is 2. The SMILES string of the molecule is O=C(NC(=S)Nc1ccc2oc(-c3cccc(Cl)c3)nc2c1)c1ccc(N2CCCC2)c([N+](=O)[O-])c1. The zero-order valence-electron chi connectivity index (χ0n) is 18.9. The van der Waals surface area contributed by atoms with Crippen molar-refractivity contribution in [3.05, 3.63) is 81.4 Å². The number of nitrogens with one attached hydrogen (secondary N) is 2. The molecule has 0 bridgehead atoms. The van der Waals surface area contributed by atoms with E-state index in [-0.39, 0.29) is 16.4 Å². The molecule has 1 amide bonds. The van der Waals surface area contributed by atoms with E-state index in [2.05, 4.69) is 15.6 Å². The normalized spacial score (nSPS) is 13.1. The van der Waals surface area contributed by atoms with Gasteiger partial charge in [0.2, 0.25) is 5.89 Å². The van der Waals surface area contributed by atoms with Gasteiger partial charge in [0.1, 0.15) is 11.2 Å². The van der Waals surface area contributed by atoms with Crippen molar-refractivity contribution in [1.82, 2.24) is 10.3 Å². The lowest BCUT2D eigenvalue weighted by atomic mass is 10.1. The molecule has 0 saturated carbocycles. The number of aromatic nitrogens is 1. The zero-order valence-corrected chi connectivity index (χ0v) is 20.4. The molecular formula is C25H20ClN5O4S. The van der Waals surface area contributed by atoms with Crippen molar-refractivity contribution in [2.24, 2.45) is 0 Å². The Hall–Kier alpha value is -4.02. The van der Waals surface area contributed by atoms with Crippen LogP contribution in [-0.4, -0.2) is 34.0 Å². The molecule has 4 aromatic rings. The Morgan fingerprint density at radius 2 is 1.92 bits per heavy atom. The molecule has 0 spiro atoms. The second kappa shape index (κ2) is 9.92. The Bertz CT molecular complexity index is 1500. The van der Waals surface area contributed by atoms with Crippen LogP contribution in [0.2, 0.25) is 5.02 Å². The van der Waals surface area contributed by atoms with Gasteiger partial charge in [0.15, 0.2) is 10.7 Å². The topological polar surface area (TPSA) is 114 Å². The summed E-state index contributed by atoms with van der Waals surface area (Å²) in [7, 11) is 0. The van der Waals surface area contributed by atoms with Gasteiger partial charge in [0.05, 0.1) is 4.92 Å². The van der Waals surface area contributed by atoms with Gasteiger partial charge in [-0.25, -0.2) is 4.98 Å². The first-order valence-electron chi connectivity index (χ1n) is 11.2. The molecule has 3 aromatic carbocycles. The summed E-state index contributed by atoms with van der Waals surface area (Å²) in [6, 6.07) is 16.9. The summed E-state index contributed by atoms with van der Waals surface area (Å²) in [5.74, 6) is -0.117. The Balaban J connectivity index is 1.29. The maximum Gasteiger partial charge on any atom is 0.293 e. The van der Waals surface area contributed by atoms with Crippen LogP contribution in [0.25, 0.3) is 22.6 Å². The van der Waals surface area contributed by atoms with Crippen molar-refractivity contribution in [3.8, 4) is 11.5 Å². The summed E-state index contributed by atoms with van der Waals surface area (Å²) in [6.45, 7) is 1.52. The van der Waals surface area contributed by atoms with Crippen molar-refractivity contribution in [1.29, 1.82) is 0 Å². The van der Waals surface area contributed by atoms with Gasteiger partial charge in [-0.1, -0.05) is 17.7 Å². The van der Waals surface area contributed by atoms with E-state index in [4.69, 9.17) is 28.2 Å². The van der Waals surface area contributed by atoms with E-state index in [0.29, 0.717) is 33.4 Å². The smallest absolute Gasteiger partial charge is 0.293 e. The Morgan fingerprint density at radius 1 is 1.11 bits per heavy atom. The number of carbonyl (C=O) groups is 1. The third-order valence-corrected chi connectivity index (χ3v) is 6.26. The molecule has 1 fully saturated rings. The van der Waals surface area contributed by atoms with Crippen molar-refractivity contribution in [3.63, 3.8) is 0 Å². The van der Waals surface area contributed by atoms with E-state index in [9.17, 15) is 14.9 Å². The number of amides is 1. The zero-order chi connectivity index (χ0) is 25.2. The lowest BCUT2D eigenvalue weighted by molar-refractivity contribution is -0.384. The summed E-state index contributed by atoms with van der Waals surface area (Å²) >= 11 is 11.3. The van der Waals surface area contributed by atoms with E-state index in [0.717, 1.165) is 31.5 Å². The number of nitro groups is 1. The quantitative estimate of drug-likeness (QED) is 0.193. The van der Waals surface area contributed by atoms with Crippen molar-refractivity contribution in [2.45, 2.75) is 12.8 Å². The summed E-state index contributed by atoms with van der Waals surface area (Å²) in [4.78, 5) is 30.4. The van der Waals surface area contributed by atoms with Crippen LogP contribution in [-0.2, 0) is 0 Å². The van der Waals surface area contributed by atoms with E-state index in [1.165, 1.54) is 6.07 Å². The number of rotatable bonds is 5. The average molecular weight is 522 g/mol. The molecule has 0 unspecified atom stereocenters. The fraction of sp³-hybridized carbons (Fsp3) is 0.160. The van der Waals surface area contributed by atoms with Gasteiger partial charge in [-0.05, 0) is 73.6 Å². The van der Waals surface area contributed by atoms with Gasteiger partial charge in [-0.2, -0.15) is 0 Å². The van der Waals surface area contributed by atoms with E-state index in [1.807, 2.05) is 17.0 Å². The summed E-state index contributed by atoms with van der Waals surface area (Å²) in [5.41, 5.74) is 3.08. The fourth-order valence-corrected chi connectivity index (χ4v) is 4.52. The molecule has 1 saturated heterocycles. The number of benzene rings is 3. The molecule has 2 N–H and O–H groups in total. The predicted molar refractivity (Wildman–Crippen MR) is 143 cm³/mol. The van der Waals surface area contributed by atoms with E-state index >= 15 is 0 Å². The highest BCUT2D eigenvalue weighted by Crippen LogP contribution is 2.32. The van der Waals surface area contributed by atoms with Gasteiger partial charge >= 0.3 is 0 Å². The summed E-state index contributed by atoms with van der Waals surface area (Å²) in [5, 5.41) is 17.8. The summed E-state index contributed by atoms with van der Waals surface area (Å²) < 4.78 is 5.81. The van der Waals surface area contributed by atoms with Crippen LogP contribution >= 0.6 is 23.8 Å². The first kappa shape index (κ1) is 23.7. The highest BCUT2D eigenvalue weighted by molar-refractivity contribution is 7.80. The molecule has 1 aliphatic rings. The number of thiocarbonyl (C=S) groups is 1. The molecule has 0 atom stereocenters.